The minimum atomic E-state index is -0.611. The van der Waals surface area contributed by atoms with Crippen LogP contribution in [0, 0.1) is 11.2 Å². The van der Waals surface area contributed by atoms with Gasteiger partial charge in [-0.15, -0.1) is 0 Å². The van der Waals surface area contributed by atoms with Gasteiger partial charge in [-0.2, -0.15) is 0 Å². The predicted molar refractivity (Wildman–Crippen MR) is 83.1 cm³/mol. The molecule has 0 aliphatic heterocycles. The highest BCUT2D eigenvalue weighted by Gasteiger charge is 2.21. The number of aliphatic hydroxyl groups excluding tert-OH is 1. The first-order valence-electron chi connectivity index (χ1n) is 7.11. The normalized spacial score (nSPS) is 12.6. The molecule has 22 heavy (non-hydrogen) atoms. The monoisotopic (exact) mass is 310 g/mol. The number of rotatable bonds is 5. The average molecular weight is 310 g/mol. The van der Waals surface area contributed by atoms with Gasteiger partial charge >= 0.3 is 0 Å². The van der Waals surface area contributed by atoms with Gasteiger partial charge in [0, 0.05) is 12.5 Å². The summed E-state index contributed by atoms with van der Waals surface area (Å²) in [6.45, 7) is 7.11. The fourth-order valence-electron chi connectivity index (χ4n) is 2.12. The third-order valence-electron chi connectivity index (χ3n) is 2.95. The number of amides is 2. The van der Waals surface area contributed by atoms with Crippen molar-refractivity contribution in [1.82, 2.24) is 5.32 Å². The van der Waals surface area contributed by atoms with E-state index < -0.39 is 17.6 Å². The third-order valence-corrected chi connectivity index (χ3v) is 2.95. The zero-order valence-electron chi connectivity index (χ0n) is 13.4. The van der Waals surface area contributed by atoms with Gasteiger partial charge < -0.3 is 15.7 Å². The maximum atomic E-state index is 13.6. The first-order chi connectivity index (χ1) is 10.1. The molecule has 0 bridgehead atoms. The summed E-state index contributed by atoms with van der Waals surface area (Å²) in [6.07, 6.45) is 0.606. The summed E-state index contributed by atoms with van der Waals surface area (Å²) in [5.74, 6) is -1.45. The lowest BCUT2D eigenvalue weighted by Gasteiger charge is -2.25. The summed E-state index contributed by atoms with van der Waals surface area (Å²) in [5, 5.41) is 14.4. The van der Waals surface area contributed by atoms with E-state index in [1.165, 1.54) is 19.1 Å². The second-order valence-electron chi connectivity index (χ2n) is 6.49. The predicted octanol–water partition coefficient (Wildman–Crippen LogP) is 2.31. The van der Waals surface area contributed by atoms with Crippen LogP contribution in [0.4, 0.5) is 10.1 Å². The van der Waals surface area contributed by atoms with Gasteiger partial charge in [0.2, 0.25) is 5.91 Å². The largest absolute Gasteiger partial charge is 0.394 e. The molecule has 0 saturated carbocycles. The molecule has 0 saturated heterocycles. The molecule has 1 aromatic carbocycles. The molecular weight excluding hydrogens is 287 g/mol. The highest BCUT2D eigenvalue weighted by Crippen LogP contribution is 2.21. The smallest absolute Gasteiger partial charge is 0.251 e. The van der Waals surface area contributed by atoms with E-state index >= 15 is 0 Å². The molecule has 0 aromatic heterocycles. The molecule has 5 nitrogen and oxygen atoms in total. The van der Waals surface area contributed by atoms with E-state index in [4.69, 9.17) is 0 Å². The lowest BCUT2D eigenvalue weighted by molar-refractivity contribution is -0.114. The van der Waals surface area contributed by atoms with Crippen LogP contribution in [-0.4, -0.2) is 29.6 Å². The number of anilines is 1. The Hall–Kier alpha value is -1.95. The maximum absolute atomic E-state index is 13.6. The van der Waals surface area contributed by atoms with E-state index in [1.54, 1.807) is 0 Å². The van der Waals surface area contributed by atoms with Crippen LogP contribution in [0.5, 0.6) is 0 Å². The summed E-state index contributed by atoms with van der Waals surface area (Å²) in [5.41, 5.74) is 0.124. The topological polar surface area (TPSA) is 78.4 Å². The highest BCUT2D eigenvalue weighted by molar-refractivity contribution is 5.97. The van der Waals surface area contributed by atoms with Crippen LogP contribution in [0.25, 0.3) is 0 Å². The Morgan fingerprint density at radius 1 is 1.32 bits per heavy atom. The summed E-state index contributed by atoms with van der Waals surface area (Å²) >= 11 is 0. The third kappa shape index (κ3) is 5.81. The standard InChI is InChI=1S/C16H23FN2O3/c1-10(21)18-14-7-11(5-6-13(14)17)15(22)19-12(9-20)8-16(2,3)4/h5-7,12,20H,8-9H2,1-4H3,(H,18,21)(H,19,22). The molecule has 1 unspecified atom stereocenters. The first kappa shape index (κ1) is 18.1. The molecular formula is C16H23FN2O3. The van der Waals surface area contributed by atoms with Crippen molar-refractivity contribution in [1.29, 1.82) is 0 Å². The summed E-state index contributed by atoms with van der Waals surface area (Å²) in [7, 11) is 0. The Morgan fingerprint density at radius 3 is 2.45 bits per heavy atom. The van der Waals surface area contributed by atoms with Crippen molar-refractivity contribution in [3.63, 3.8) is 0 Å². The van der Waals surface area contributed by atoms with Crippen molar-refractivity contribution < 1.29 is 19.1 Å². The lowest BCUT2D eigenvalue weighted by atomic mass is 9.88. The summed E-state index contributed by atoms with van der Waals surface area (Å²) < 4.78 is 13.6. The van der Waals surface area contributed by atoms with Crippen molar-refractivity contribution in [3.05, 3.63) is 29.6 Å². The fraction of sp³-hybridized carbons (Fsp3) is 0.500. The Bertz CT molecular complexity index is 553. The molecule has 0 aliphatic rings. The van der Waals surface area contributed by atoms with Crippen LogP contribution < -0.4 is 10.6 Å². The quantitative estimate of drug-likeness (QED) is 0.781. The molecule has 1 aromatic rings. The van der Waals surface area contributed by atoms with Gasteiger partial charge in [-0.05, 0) is 30.0 Å². The number of carbonyl (C=O) groups is 2. The van der Waals surface area contributed by atoms with E-state index in [9.17, 15) is 19.1 Å². The molecule has 0 heterocycles. The average Bonchev–Trinajstić information content (AvgIpc) is 2.38. The van der Waals surface area contributed by atoms with Crippen LogP contribution in [0.1, 0.15) is 44.5 Å². The van der Waals surface area contributed by atoms with E-state index in [0.717, 1.165) is 6.07 Å². The first-order valence-corrected chi connectivity index (χ1v) is 7.11. The van der Waals surface area contributed by atoms with E-state index in [0.29, 0.717) is 6.42 Å². The molecule has 0 fully saturated rings. The second kappa shape index (κ2) is 7.35. The number of benzene rings is 1. The Labute approximate surface area is 129 Å². The van der Waals surface area contributed by atoms with Crippen molar-refractivity contribution in [3.8, 4) is 0 Å². The number of nitrogens with one attached hydrogen (secondary N) is 2. The Kier molecular flexibility index (Phi) is 6.05. The zero-order valence-corrected chi connectivity index (χ0v) is 13.4. The van der Waals surface area contributed by atoms with E-state index in [2.05, 4.69) is 10.6 Å². The summed E-state index contributed by atoms with van der Waals surface area (Å²) in [4.78, 5) is 23.2. The van der Waals surface area contributed by atoms with Crippen LogP contribution in [-0.2, 0) is 4.79 Å². The van der Waals surface area contributed by atoms with Crippen molar-refractivity contribution in [2.45, 2.75) is 40.2 Å². The number of halogens is 1. The SMILES string of the molecule is CC(=O)Nc1cc(C(=O)NC(CO)CC(C)(C)C)ccc1F. The zero-order chi connectivity index (χ0) is 16.9. The molecule has 0 spiro atoms. The van der Waals surface area contributed by atoms with E-state index in [-0.39, 0.29) is 29.3 Å². The molecule has 2 amide bonds. The molecule has 3 N–H and O–H groups in total. The van der Waals surface area contributed by atoms with Gasteiger partial charge in [-0.3, -0.25) is 9.59 Å². The fourth-order valence-corrected chi connectivity index (χ4v) is 2.12. The molecule has 122 valence electrons. The van der Waals surface area contributed by atoms with Gasteiger partial charge in [0.1, 0.15) is 5.82 Å². The van der Waals surface area contributed by atoms with E-state index in [1.807, 2.05) is 20.8 Å². The minimum absolute atomic E-state index is 0.0449. The Balaban J connectivity index is 2.86. The second-order valence-corrected chi connectivity index (χ2v) is 6.49. The van der Waals surface area contributed by atoms with Crippen LogP contribution in [0.2, 0.25) is 0 Å². The summed E-state index contributed by atoms with van der Waals surface area (Å²) in [6, 6.07) is 3.35. The van der Waals surface area contributed by atoms with Crippen molar-refractivity contribution in [2.75, 3.05) is 11.9 Å². The molecule has 0 aliphatic carbocycles. The maximum Gasteiger partial charge on any atom is 0.251 e. The minimum Gasteiger partial charge on any atom is -0.394 e. The molecule has 6 heteroatoms. The van der Waals surface area contributed by atoms with Crippen molar-refractivity contribution in [2.24, 2.45) is 5.41 Å². The van der Waals surface area contributed by atoms with Gasteiger partial charge in [0.05, 0.1) is 18.3 Å². The number of aliphatic hydroxyl groups is 1. The van der Waals surface area contributed by atoms with Crippen LogP contribution >= 0.6 is 0 Å². The van der Waals surface area contributed by atoms with Crippen molar-refractivity contribution >= 4 is 17.5 Å². The highest BCUT2D eigenvalue weighted by atomic mass is 19.1. The van der Waals surface area contributed by atoms with Crippen LogP contribution in [0.15, 0.2) is 18.2 Å². The number of hydrogen-bond acceptors (Lipinski definition) is 3. The van der Waals surface area contributed by atoms with Gasteiger partial charge in [-0.1, -0.05) is 20.8 Å². The Morgan fingerprint density at radius 2 is 1.95 bits per heavy atom. The van der Waals surface area contributed by atoms with Gasteiger partial charge in [0.25, 0.3) is 5.91 Å². The number of carbonyl (C=O) groups excluding carboxylic acids is 2. The lowest BCUT2D eigenvalue weighted by Crippen LogP contribution is -2.40. The molecule has 1 atom stereocenters. The molecule has 0 radical (unpaired) electrons. The number of hydrogen-bond donors (Lipinski definition) is 3. The van der Waals surface area contributed by atoms with Gasteiger partial charge in [0.15, 0.2) is 0 Å². The van der Waals surface area contributed by atoms with Crippen LogP contribution in [0.3, 0.4) is 0 Å². The molecule has 1 rings (SSSR count). The van der Waals surface area contributed by atoms with Gasteiger partial charge in [-0.25, -0.2) is 4.39 Å².